The number of aliphatic hydroxyl groups excluding tert-OH is 1. The molecule has 2 aromatic rings. The number of aliphatic hydroxyl groups is 1. The lowest BCUT2D eigenvalue weighted by Gasteiger charge is -2.36. The smallest absolute Gasteiger partial charge is 0.292 e. The first-order valence-electron chi connectivity index (χ1n) is 8.95. The molecular formula is C19H25N5O3. The van der Waals surface area contributed by atoms with E-state index in [2.05, 4.69) is 20.9 Å². The van der Waals surface area contributed by atoms with Gasteiger partial charge in [0.05, 0.1) is 11.5 Å². The van der Waals surface area contributed by atoms with Crippen molar-refractivity contribution in [2.24, 2.45) is 0 Å². The fraction of sp³-hybridized carbons (Fsp3) is 0.421. The maximum Gasteiger partial charge on any atom is 0.292 e. The number of nitrogens with zero attached hydrogens (tertiary/aromatic N) is 5. The van der Waals surface area contributed by atoms with E-state index in [4.69, 9.17) is 0 Å². The minimum atomic E-state index is -0.367. The van der Waals surface area contributed by atoms with E-state index < -0.39 is 0 Å². The minimum Gasteiger partial charge on any atom is -0.392 e. The van der Waals surface area contributed by atoms with E-state index in [1.165, 1.54) is 11.6 Å². The highest BCUT2D eigenvalue weighted by Gasteiger charge is 2.24. The van der Waals surface area contributed by atoms with Crippen LogP contribution in [-0.2, 0) is 13.2 Å². The number of aromatic nitrogens is 1. The predicted molar refractivity (Wildman–Crippen MR) is 105 cm³/mol. The molecule has 27 heavy (non-hydrogen) atoms. The van der Waals surface area contributed by atoms with Crippen LogP contribution in [0.2, 0.25) is 0 Å². The molecule has 8 heteroatoms. The Balaban J connectivity index is 1.69. The van der Waals surface area contributed by atoms with Crippen molar-refractivity contribution in [3.63, 3.8) is 0 Å². The molecule has 0 radical (unpaired) electrons. The van der Waals surface area contributed by atoms with Crippen LogP contribution >= 0.6 is 0 Å². The van der Waals surface area contributed by atoms with Crippen LogP contribution in [0.15, 0.2) is 36.5 Å². The highest BCUT2D eigenvalue weighted by molar-refractivity contribution is 5.65. The summed E-state index contributed by atoms with van der Waals surface area (Å²) in [5.41, 5.74) is 2.49. The zero-order valence-electron chi connectivity index (χ0n) is 15.7. The maximum absolute atomic E-state index is 11.4. The van der Waals surface area contributed by atoms with Crippen LogP contribution in [0, 0.1) is 10.1 Å². The van der Waals surface area contributed by atoms with E-state index in [1.54, 1.807) is 12.1 Å². The summed E-state index contributed by atoms with van der Waals surface area (Å²) in [6.45, 7) is 3.52. The van der Waals surface area contributed by atoms with Gasteiger partial charge in [-0.2, -0.15) is 0 Å². The second-order valence-electron chi connectivity index (χ2n) is 6.97. The summed E-state index contributed by atoms with van der Waals surface area (Å²) >= 11 is 0. The van der Waals surface area contributed by atoms with Gasteiger partial charge in [0.2, 0.25) is 0 Å². The fourth-order valence-electron chi connectivity index (χ4n) is 3.31. The Hall–Kier alpha value is -2.71. The molecule has 1 N–H and O–H groups in total. The molecule has 0 atom stereocenters. The molecule has 2 heterocycles. The van der Waals surface area contributed by atoms with Crippen molar-refractivity contribution in [1.29, 1.82) is 0 Å². The number of hydrogen-bond acceptors (Lipinski definition) is 7. The Morgan fingerprint density at radius 2 is 1.78 bits per heavy atom. The zero-order chi connectivity index (χ0) is 19.4. The van der Waals surface area contributed by atoms with E-state index in [9.17, 15) is 15.2 Å². The van der Waals surface area contributed by atoms with Crippen molar-refractivity contribution < 1.29 is 10.0 Å². The zero-order valence-corrected chi connectivity index (χ0v) is 15.7. The second-order valence-corrected chi connectivity index (χ2v) is 6.97. The quantitative estimate of drug-likeness (QED) is 0.613. The molecule has 0 aliphatic carbocycles. The Morgan fingerprint density at radius 3 is 2.33 bits per heavy atom. The molecule has 1 aliphatic heterocycles. The second kappa shape index (κ2) is 8.32. The van der Waals surface area contributed by atoms with Gasteiger partial charge >= 0.3 is 0 Å². The van der Waals surface area contributed by atoms with Crippen molar-refractivity contribution in [2.45, 2.75) is 13.2 Å². The molecule has 1 fully saturated rings. The molecule has 0 saturated carbocycles. The molecule has 1 aromatic heterocycles. The van der Waals surface area contributed by atoms with Gasteiger partial charge in [-0.1, -0.05) is 6.07 Å². The molecule has 3 rings (SSSR count). The lowest BCUT2D eigenvalue weighted by Crippen LogP contribution is -2.47. The summed E-state index contributed by atoms with van der Waals surface area (Å²) in [5, 5.41) is 20.7. The van der Waals surface area contributed by atoms with E-state index in [0.717, 1.165) is 25.5 Å². The Bertz CT molecular complexity index is 786. The topological polar surface area (TPSA) is 86.0 Å². The van der Waals surface area contributed by atoms with Gasteiger partial charge < -0.3 is 19.8 Å². The fourth-order valence-corrected chi connectivity index (χ4v) is 3.31. The molecular weight excluding hydrogens is 346 g/mol. The summed E-state index contributed by atoms with van der Waals surface area (Å²) in [5.74, 6) is 0.927. The van der Waals surface area contributed by atoms with Gasteiger partial charge in [0.25, 0.3) is 5.69 Å². The van der Waals surface area contributed by atoms with Crippen molar-refractivity contribution in [2.75, 3.05) is 50.1 Å². The van der Waals surface area contributed by atoms with E-state index in [1.807, 2.05) is 31.3 Å². The molecule has 0 unspecified atom stereocenters. The number of hydrogen-bond donors (Lipinski definition) is 1. The third-order valence-electron chi connectivity index (χ3n) is 4.67. The average Bonchev–Trinajstić information content (AvgIpc) is 2.67. The standard InChI is InChI=1S/C19H25N5O3/c1-21(2)13-16-4-6-19(20-12-16)23-9-7-22(8-10-23)18-11-15(14-25)3-5-17(18)24(26)27/h3-6,11-12,25H,7-10,13-14H2,1-2H3. The molecule has 0 bridgehead atoms. The minimum absolute atomic E-state index is 0.0758. The van der Waals surface area contributed by atoms with Gasteiger partial charge in [0.15, 0.2) is 0 Å². The summed E-state index contributed by atoms with van der Waals surface area (Å²) in [6.07, 6.45) is 1.90. The summed E-state index contributed by atoms with van der Waals surface area (Å²) < 4.78 is 0. The number of nitro groups is 1. The van der Waals surface area contributed by atoms with Gasteiger partial charge in [-0.05, 0) is 43.4 Å². The van der Waals surface area contributed by atoms with Crippen molar-refractivity contribution >= 4 is 17.2 Å². The number of pyridine rings is 1. The first-order valence-corrected chi connectivity index (χ1v) is 8.95. The van der Waals surface area contributed by atoms with Gasteiger partial charge in [-0.25, -0.2) is 4.98 Å². The highest BCUT2D eigenvalue weighted by Crippen LogP contribution is 2.30. The lowest BCUT2D eigenvalue weighted by atomic mass is 10.1. The number of anilines is 2. The summed E-state index contributed by atoms with van der Waals surface area (Å²) in [4.78, 5) is 21.8. The number of benzene rings is 1. The Kier molecular flexibility index (Phi) is 5.88. The predicted octanol–water partition coefficient (Wildman–Crippen LogP) is 1.87. The third-order valence-corrected chi connectivity index (χ3v) is 4.67. The van der Waals surface area contributed by atoms with E-state index in [0.29, 0.717) is 24.3 Å². The molecule has 0 spiro atoms. The monoisotopic (exact) mass is 371 g/mol. The largest absolute Gasteiger partial charge is 0.392 e. The Labute approximate surface area is 158 Å². The lowest BCUT2D eigenvalue weighted by molar-refractivity contribution is -0.384. The van der Waals surface area contributed by atoms with Gasteiger partial charge in [0.1, 0.15) is 11.5 Å². The summed E-state index contributed by atoms with van der Waals surface area (Å²) in [6, 6.07) is 8.89. The van der Waals surface area contributed by atoms with Crippen LogP contribution in [0.4, 0.5) is 17.2 Å². The van der Waals surface area contributed by atoms with Gasteiger partial charge in [-0.3, -0.25) is 10.1 Å². The van der Waals surface area contributed by atoms with Gasteiger partial charge in [0, 0.05) is 45.0 Å². The third kappa shape index (κ3) is 4.53. The normalized spacial score (nSPS) is 14.7. The molecule has 0 amide bonds. The van der Waals surface area contributed by atoms with Crippen molar-refractivity contribution in [3.05, 3.63) is 57.8 Å². The van der Waals surface area contributed by atoms with Crippen LogP contribution in [-0.4, -0.2) is 60.2 Å². The van der Waals surface area contributed by atoms with Crippen LogP contribution in [0.5, 0.6) is 0 Å². The highest BCUT2D eigenvalue weighted by atomic mass is 16.6. The van der Waals surface area contributed by atoms with Crippen molar-refractivity contribution in [3.8, 4) is 0 Å². The van der Waals surface area contributed by atoms with Crippen LogP contribution < -0.4 is 9.80 Å². The SMILES string of the molecule is CN(C)Cc1ccc(N2CCN(c3cc(CO)ccc3[N+](=O)[O-])CC2)nc1. The molecule has 8 nitrogen and oxygen atoms in total. The Morgan fingerprint density at radius 1 is 1.11 bits per heavy atom. The molecule has 1 aromatic carbocycles. The van der Waals surface area contributed by atoms with Crippen LogP contribution in [0.3, 0.4) is 0 Å². The van der Waals surface area contributed by atoms with E-state index in [-0.39, 0.29) is 17.2 Å². The maximum atomic E-state index is 11.4. The van der Waals surface area contributed by atoms with Crippen LogP contribution in [0.25, 0.3) is 0 Å². The van der Waals surface area contributed by atoms with E-state index >= 15 is 0 Å². The first kappa shape index (κ1) is 19.1. The number of piperazine rings is 1. The summed E-state index contributed by atoms with van der Waals surface area (Å²) in [7, 11) is 4.05. The van der Waals surface area contributed by atoms with Crippen LogP contribution in [0.1, 0.15) is 11.1 Å². The molecule has 1 saturated heterocycles. The number of rotatable bonds is 6. The average molecular weight is 371 g/mol. The van der Waals surface area contributed by atoms with Gasteiger partial charge in [-0.15, -0.1) is 0 Å². The molecule has 1 aliphatic rings. The number of nitro benzene ring substituents is 1. The van der Waals surface area contributed by atoms with Crippen molar-refractivity contribution in [1.82, 2.24) is 9.88 Å². The first-order chi connectivity index (χ1) is 13.0. The molecule has 144 valence electrons.